The third-order valence-electron chi connectivity index (χ3n) is 4.19. The van der Waals surface area contributed by atoms with Crippen molar-refractivity contribution in [1.82, 2.24) is 15.5 Å². The fourth-order valence-electron chi connectivity index (χ4n) is 3.83. The van der Waals surface area contributed by atoms with Crippen molar-refractivity contribution in [3.63, 3.8) is 0 Å². The van der Waals surface area contributed by atoms with Crippen LogP contribution in [-0.4, -0.2) is 27.4 Å². The van der Waals surface area contributed by atoms with E-state index in [4.69, 9.17) is 4.52 Å². The molecule has 5 nitrogen and oxygen atoms in total. The summed E-state index contributed by atoms with van der Waals surface area (Å²) in [6, 6.07) is 0. The van der Waals surface area contributed by atoms with E-state index in [0.717, 1.165) is 19.3 Å². The molecule has 0 saturated heterocycles. The number of aromatic nitrogens is 2. The van der Waals surface area contributed by atoms with Gasteiger partial charge in [0.25, 0.3) is 0 Å². The van der Waals surface area contributed by atoms with Crippen LogP contribution in [0.15, 0.2) is 4.52 Å². The van der Waals surface area contributed by atoms with Crippen LogP contribution < -0.4 is 5.32 Å². The van der Waals surface area contributed by atoms with E-state index in [9.17, 15) is 5.11 Å². The highest BCUT2D eigenvalue weighted by Gasteiger charge is 2.42. The molecule has 1 aromatic heterocycles. The van der Waals surface area contributed by atoms with E-state index in [0.29, 0.717) is 24.2 Å². The average molecular weight is 281 g/mol. The van der Waals surface area contributed by atoms with Gasteiger partial charge in [0.05, 0.1) is 13.2 Å². The van der Waals surface area contributed by atoms with Gasteiger partial charge in [-0.15, -0.1) is 0 Å². The Morgan fingerprint density at radius 3 is 2.70 bits per heavy atom. The molecule has 1 heterocycles. The van der Waals surface area contributed by atoms with Crippen LogP contribution in [0.1, 0.15) is 58.7 Å². The summed E-state index contributed by atoms with van der Waals surface area (Å²) in [6.07, 6.45) is 3.92. The molecule has 5 heteroatoms. The molecule has 20 heavy (non-hydrogen) atoms. The maximum absolute atomic E-state index is 9.89. The summed E-state index contributed by atoms with van der Waals surface area (Å²) in [7, 11) is 0. The third-order valence-corrected chi connectivity index (χ3v) is 4.19. The number of aryl methyl sites for hydroxylation is 1. The van der Waals surface area contributed by atoms with Crippen molar-refractivity contribution < 1.29 is 9.63 Å². The first kappa shape index (κ1) is 15.4. The van der Waals surface area contributed by atoms with Gasteiger partial charge >= 0.3 is 0 Å². The number of nitrogens with zero attached hydrogens (tertiary/aromatic N) is 2. The molecule has 0 aromatic carbocycles. The third kappa shape index (κ3) is 3.58. The summed E-state index contributed by atoms with van der Waals surface area (Å²) in [5.74, 6) is 1.94. The summed E-state index contributed by atoms with van der Waals surface area (Å²) in [4.78, 5) is 4.31. The quantitative estimate of drug-likeness (QED) is 0.866. The number of rotatable bonds is 5. The molecule has 1 saturated carbocycles. The maximum Gasteiger partial charge on any atom is 0.226 e. The van der Waals surface area contributed by atoms with Gasteiger partial charge in [0, 0.05) is 12.0 Å². The lowest BCUT2D eigenvalue weighted by atomic mass is 9.64. The van der Waals surface area contributed by atoms with E-state index in [1.807, 2.05) is 6.92 Å². The van der Waals surface area contributed by atoms with Crippen molar-refractivity contribution in [3.05, 3.63) is 11.7 Å². The van der Waals surface area contributed by atoms with Crippen LogP contribution in [0.3, 0.4) is 0 Å². The van der Waals surface area contributed by atoms with Gasteiger partial charge in [0.15, 0.2) is 5.82 Å². The molecule has 1 fully saturated rings. The lowest BCUT2D eigenvalue weighted by Gasteiger charge is -2.47. The minimum atomic E-state index is -0.228. The Balaban J connectivity index is 2.03. The monoisotopic (exact) mass is 281 g/mol. The molecule has 1 aromatic rings. The van der Waals surface area contributed by atoms with Gasteiger partial charge in [-0.2, -0.15) is 4.98 Å². The van der Waals surface area contributed by atoms with E-state index >= 15 is 0 Å². The predicted octanol–water partition coefficient (Wildman–Crippen LogP) is 2.30. The fourth-order valence-corrected chi connectivity index (χ4v) is 3.83. The summed E-state index contributed by atoms with van der Waals surface area (Å²) in [5, 5.41) is 17.3. The highest BCUT2D eigenvalue weighted by Crippen LogP contribution is 2.43. The van der Waals surface area contributed by atoms with Crippen molar-refractivity contribution in [2.45, 2.75) is 65.5 Å². The Bertz CT molecular complexity index is 444. The zero-order chi connectivity index (χ0) is 14.8. The van der Waals surface area contributed by atoms with Crippen LogP contribution >= 0.6 is 0 Å². The Hall–Kier alpha value is -0.940. The Labute approximate surface area is 121 Å². The van der Waals surface area contributed by atoms with Crippen LogP contribution in [-0.2, 0) is 13.0 Å². The molecule has 1 aliphatic carbocycles. The second-order valence-corrected chi connectivity index (χ2v) is 7.10. The van der Waals surface area contributed by atoms with E-state index in [1.54, 1.807) is 0 Å². The molecule has 0 unspecified atom stereocenters. The number of aliphatic hydroxyl groups is 1. The minimum Gasteiger partial charge on any atom is -0.394 e. The van der Waals surface area contributed by atoms with Crippen LogP contribution in [0.25, 0.3) is 0 Å². The highest BCUT2D eigenvalue weighted by molar-refractivity contribution is 5.00. The number of aliphatic hydroxyl groups excluding tert-OH is 1. The van der Waals surface area contributed by atoms with E-state index in [-0.39, 0.29) is 17.6 Å². The van der Waals surface area contributed by atoms with Crippen LogP contribution in [0.5, 0.6) is 0 Å². The smallest absolute Gasteiger partial charge is 0.226 e. The minimum absolute atomic E-state index is 0.152. The number of hydrogen-bond acceptors (Lipinski definition) is 5. The molecule has 1 aliphatic rings. The SMILES string of the molecule is CCc1nc(CN[C@@]2(CO)C[C@@H](C)CC(C)(C)C2)no1. The van der Waals surface area contributed by atoms with Gasteiger partial charge in [0.2, 0.25) is 5.89 Å². The molecule has 0 spiro atoms. The first-order valence-corrected chi connectivity index (χ1v) is 7.55. The van der Waals surface area contributed by atoms with Gasteiger partial charge in [-0.05, 0) is 30.6 Å². The van der Waals surface area contributed by atoms with E-state index in [1.165, 1.54) is 6.42 Å². The summed E-state index contributed by atoms with van der Waals surface area (Å²) in [6.45, 7) is 9.50. The first-order valence-electron chi connectivity index (χ1n) is 7.55. The standard InChI is InChI=1S/C15H27N3O2/c1-5-13-17-12(18-20-13)8-16-15(10-19)7-11(2)6-14(3,4)9-15/h11,16,19H,5-10H2,1-4H3/t11-,15-/m0/s1. The largest absolute Gasteiger partial charge is 0.394 e. The molecule has 0 radical (unpaired) electrons. The molecule has 0 amide bonds. The molecule has 2 N–H and O–H groups in total. The van der Waals surface area contributed by atoms with Crippen molar-refractivity contribution in [1.29, 1.82) is 0 Å². The molecule has 0 bridgehead atoms. The molecule has 0 aliphatic heterocycles. The lowest BCUT2D eigenvalue weighted by Crippen LogP contribution is -2.55. The molecular weight excluding hydrogens is 254 g/mol. The molecular formula is C15H27N3O2. The molecule has 114 valence electrons. The summed E-state index contributed by atoms with van der Waals surface area (Å²) in [5.41, 5.74) is 0.0212. The first-order chi connectivity index (χ1) is 9.38. The Morgan fingerprint density at radius 2 is 2.15 bits per heavy atom. The van der Waals surface area contributed by atoms with Crippen molar-refractivity contribution in [3.8, 4) is 0 Å². The predicted molar refractivity (Wildman–Crippen MR) is 77.1 cm³/mol. The van der Waals surface area contributed by atoms with Gasteiger partial charge < -0.3 is 14.9 Å². The Kier molecular flexibility index (Phi) is 4.49. The van der Waals surface area contributed by atoms with Crippen LogP contribution in [0.2, 0.25) is 0 Å². The van der Waals surface area contributed by atoms with Gasteiger partial charge in [-0.3, -0.25) is 0 Å². The van der Waals surface area contributed by atoms with Gasteiger partial charge in [-0.1, -0.05) is 32.9 Å². The number of nitrogens with one attached hydrogen (secondary N) is 1. The topological polar surface area (TPSA) is 71.2 Å². The zero-order valence-electron chi connectivity index (χ0n) is 13.1. The lowest BCUT2D eigenvalue weighted by molar-refractivity contribution is 0.0347. The van der Waals surface area contributed by atoms with Crippen molar-refractivity contribution in [2.24, 2.45) is 11.3 Å². The Morgan fingerprint density at radius 1 is 1.40 bits per heavy atom. The van der Waals surface area contributed by atoms with Gasteiger partial charge in [0.1, 0.15) is 0 Å². The second-order valence-electron chi connectivity index (χ2n) is 7.10. The average Bonchev–Trinajstić information content (AvgIpc) is 2.82. The highest BCUT2D eigenvalue weighted by atomic mass is 16.5. The normalized spacial score (nSPS) is 29.6. The molecule has 2 atom stereocenters. The van der Waals surface area contributed by atoms with Crippen molar-refractivity contribution in [2.75, 3.05) is 6.61 Å². The molecule has 2 rings (SSSR count). The zero-order valence-corrected chi connectivity index (χ0v) is 13.1. The number of hydrogen-bond donors (Lipinski definition) is 2. The van der Waals surface area contributed by atoms with Gasteiger partial charge in [-0.25, -0.2) is 0 Å². The van der Waals surface area contributed by atoms with Crippen molar-refractivity contribution >= 4 is 0 Å². The fraction of sp³-hybridized carbons (Fsp3) is 0.867. The summed E-state index contributed by atoms with van der Waals surface area (Å²) < 4.78 is 5.12. The maximum atomic E-state index is 9.89. The van der Waals surface area contributed by atoms with E-state index < -0.39 is 0 Å². The van der Waals surface area contributed by atoms with E-state index in [2.05, 4.69) is 36.2 Å². The second kappa shape index (κ2) is 5.82. The van der Waals surface area contributed by atoms with Crippen LogP contribution in [0, 0.1) is 11.3 Å². The summed E-state index contributed by atoms with van der Waals surface area (Å²) >= 11 is 0. The van der Waals surface area contributed by atoms with Crippen LogP contribution in [0.4, 0.5) is 0 Å².